The van der Waals surface area contributed by atoms with E-state index < -0.39 is 0 Å². The van der Waals surface area contributed by atoms with Crippen molar-refractivity contribution >= 4 is 5.78 Å². The number of carbonyl (C=O) groups excluding carboxylic acids is 1. The summed E-state index contributed by atoms with van der Waals surface area (Å²) in [5.41, 5.74) is 0.970. The van der Waals surface area contributed by atoms with Crippen LogP contribution < -0.4 is 0 Å². The highest BCUT2D eigenvalue weighted by atomic mass is 16.1. The second kappa shape index (κ2) is 4.81. The van der Waals surface area contributed by atoms with Crippen molar-refractivity contribution in [2.45, 2.75) is 27.2 Å². The third-order valence-corrected chi connectivity index (χ3v) is 1.02. The van der Waals surface area contributed by atoms with Crippen molar-refractivity contribution in [3.8, 4) is 11.8 Å². The molecule has 1 heteroatoms. The summed E-state index contributed by atoms with van der Waals surface area (Å²) in [6.07, 6.45) is 2.35. The van der Waals surface area contributed by atoms with Crippen molar-refractivity contribution in [2.24, 2.45) is 0 Å². The molecule has 0 heterocycles. The Hall–Kier alpha value is -1.03. The molecule has 0 fully saturated rings. The van der Waals surface area contributed by atoms with Crippen molar-refractivity contribution in [1.82, 2.24) is 0 Å². The SMILES string of the molecule is CC#C/C(C)=C/CC(C)=O. The van der Waals surface area contributed by atoms with Gasteiger partial charge in [0.05, 0.1) is 0 Å². The fourth-order valence-corrected chi connectivity index (χ4v) is 0.545. The molecule has 0 radical (unpaired) electrons. The number of rotatable bonds is 2. The number of hydrogen-bond acceptors (Lipinski definition) is 1. The van der Waals surface area contributed by atoms with Crippen LogP contribution in [-0.4, -0.2) is 5.78 Å². The zero-order valence-corrected chi connectivity index (χ0v) is 6.69. The van der Waals surface area contributed by atoms with Crippen LogP contribution in [0.15, 0.2) is 11.6 Å². The molecule has 0 rings (SSSR count). The summed E-state index contributed by atoms with van der Waals surface area (Å²) < 4.78 is 0. The topological polar surface area (TPSA) is 17.1 Å². The molecule has 10 heavy (non-hydrogen) atoms. The molecular formula is C9H12O. The first kappa shape index (κ1) is 8.97. The molecule has 0 saturated carbocycles. The van der Waals surface area contributed by atoms with Gasteiger partial charge < -0.3 is 0 Å². The normalized spacial score (nSPS) is 10.1. The lowest BCUT2D eigenvalue weighted by Crippen LogP contribution is -1.85. The van der Waals surface area contributed by atoms with E-state index in [2.05, 4.69) is 11.8 Å². The Morgan fingerprint density at radius 1 is 1.50 bits per heavy atom. The summed E-state index contributed by atoms with van der Waals surface area (Å²) in [5, 5.41) is 0. The van der Waals surface area contributed by atoms with Crippen LogP contribution >= 0.6 is 0 Å². The first-order valence-corrected chi connectivity index (χ1v) is 3.25. The molecule has 0 spiro atoms. The van der Waals surface area contributed by atoms with E-state index in [4.69, 9.17) is 0 Å². The molecule has 0 amide bonds. The Morgan fingerprint density at radius 2 is 2.10 bits per heavy atom. The minimum atomic E-state index is 0.178. The summed E-state index contributed by atoms with van der Waals surface area (Å²) >= 11 is 0. The van der Waals surface area contributed by atoms with Crippen molar-refractivity contribution in [2.75, 3.05) is 0 Å². The summed E-state index contributed by atoms with van der Waals surface area (Å²) in [5.74, 6) is 5.80. The van der Waals surface area contributed by atoms with Gasteiger partial charge in [0, 0.05) is 6.42 Å². The molecule has 0 atom stereocenters. The summed E-state index contributed by atoms with van der Waals surface area (Å²) in [6, 6.07) is 0. The average molecular weight is 136 g/mol. The van der Waals surface area contributed by atoms with Gasteiger partial charge in [0.25, 0.3) is 0 Å². The summed E-state index contributed by atoms with van der Waals surface area (Å²) in [4.78, 5) is 10.5. The van der Waals surface area contributed by atoms with Crippen LogP contribution in [0.1, 0.15) is 27.2 Å². The maximum Gasteiger partial charge on any atom is 0.133 e. The van der Waals surface area contributed by atoms with E-state index in [-0.39, 0.29) is 5.78 Å². The molecule has 0 aromatic heterocycles. The fraction of sp³-hybridized carbons (Fsp3) is 0.444. The minimum absolute atomic E-state index is 0.178. The fourth-order valence-electron chi connectivity index (χ4n) is 0.545. The van der Waals surface area contributed by atoms with Crippen LogP contribution in [0.2, 0.25) is 0 Å². The number of Topliss-reactive ketones (excluding diaryl/α,β-unsaturated/α-hetero) is 1. The molecule has 0 aliphatic heterocycles. The molecule has 54 valence electrons. The lowest BCUT2D eigenvalue weighted by Gasteiger charge is -1.85. The first-order valence-electron chi connectivity index (χ1n) is 3.25. The van der Waals surface area contributed by atoms with Crippen LogP contribution in [0.3, 0.4) is 0 Å². The second-order valence-electron chi connectivity index (χ2n) is 2.17. The van der Waals surface area contributed by atoms with Crippen LogP contribution in [-0.2, 0) is 4.79 Å². The molecule has 0 saturated heterocycles. The van der Waals surface area contributed by atoms with Crippen LogP contribution in [0, 0.1) is 11.8 Å². The van der Waals surface area contributed by atoms with Gasteiger partial charge in [0.15, 0.2) is 0 Å². The highest BCUT2D eigenvalue weighted by molar-refractivity contribution is 5.77. The Balaban J connectivity index is 3.88. The minimum Gasteiger partial charge on any atom is -0.300 e. The average Bonchev–Trinajstić information content (AvgIpc) is 1.85. The van der Waals surface area contributed by atoms with Gasteiger partial charge in [-0.05, 0) is 26.3 Å². The van der Waals surface area contributed by atoms with Gasteiger partial charge in [-0.25, -0.2) is 0 Å². The molecular weight excluding hydrogens is 124 g/mol. The van der Waals surface area contributed by atoms with Crippen molar-refractivity contribution in [3.05, 3.63) is 11.6 Å². The highest BCUT2D eigenvalue weighted by Gasteiger charge is 1.87. The molecule has 0 bridgehead atoms. The number of hydrogen-bond donors (Lipinski definition) is 0. The third kappa shape index (κ3) is 5.11. The lowest BCUT2D eigenvalue weighted by molar-refractivity contribution is -0.116. The van der Waals surface area contributed by atoms with E-state index in [1.54, 1.807) is 13.8 Å². The van der Waals surface area contributed by atoms with Crippen molar-refractivity contribution in [3.63, 3.8) is 0 Å². The van der Waals surface area contributed by atoms with E-state index in [1.807, 2.05) is 13.0 Å². The van der Waals surface area contributed by atoms with Gasteiger partial charge in [0.1, 0.15) is 5.78 Å². The molecule has 0 aromatic rings. The number of ketones is 1. The molecule has 1 nitrogen and oxygen atoms in total. The van der Waals surface area contributed by atoms with E-state index in [1.165, 1.54) is 0 Å². The molecule has 0 aliphatic rings. The lowest BCUT2D eigenvalue weighted by atomic mass is 10.2. The van der Waals surface area contributed by atoms with Gasteiger partial charge >= 0.3 is 0 Å². The maximum atomic E-state index is 10.5. The molecule has 0 aromatic carbocycles. The third-order valence-electron chi connectivity index (χ3n) is 1.02. The standard InChI is InChI=1S/C9H12O/c1-4-5-8(2)6-7-9(3)10/h6H,7H2,1-3H3/b8-6+. The Morgan fingerprint density at radius 3 is 2.50 bits per heavy atom. The smallest absolute Gasteiger partial charge is 0.133 e. The van der Waals surface area contributed by atoms with Gasteiger partial charge in [-0.1, -0.05) is 12.0 Å². The Kier molecular flexibility index (Phi) is 4.32. The Bertz CT molecular complexity index is 201. The highest BCUT2D eigenvalue weighted by Crippen LogP contribution is 1.93. The largest absolute Gasteiger partial charge is 0.300 e. The predicted octanol–water partition coefficient (Wildman–Crippen LogP) is 1.94. The zero-order valence-electron chi connectivity index (χ0n) is 6.69. The van der Waals surface area contributed by atoms with Crippen LogP contribution in [0.25, 0.3) is 0 Å². The van der Waals surface area contributed by atoms with E-state index in [0.717, 1.165) is 5.57 Å². The quantitative estimate of drug-likeness (QED) is 0.530. The molecule has 0 aliphatic carbocycles. The van der Waals surface area contributed by atoms with Crippen molar-refractivity contribution in [1.29, 1.82) is 0 Å². The molecule has 0 unspecified atom stereocenters. The summed E-state index contributed by atoms with van der Waals surface area (Å²) in [7, 11) is 0. The number of carbonyl (C=O) groups is 1. The molecule has 0 N–H and O–H groups in total. The van der Waals surface area contributed by atoms with E-state index in [0.29, 0.717) is 6.42 Å². The maximum absolute atomic E-state index is 10.5. The van der Waals surface area contributed by atoms with E-state index >= 15 is 0 Å². The van der Waals surface area contributed by atoms with Crippen LogP contribution in [0.5, 0.6) is 0 Å². The van der Waals surface area contributed by atoms with Crippen LogP contribution in [0.4, 0.5) is 0 Å². The number of allylic oxidation sites excluding steroid dienone is 2. The first-order chi connectivity index (χ1) is 4.66. The van der Waals surface area contributed by atoms with Gasteiger partial charge in [0.2, 0.25) is 0 Å². The zero-order chi connectivity index (χ0) is 7.98. The van der Waals surface area contributed by atoms with Gasteiger partial charge in [-0.2, -0.15) is 0 Å². The summed E-state index contributed by atoms with van der Waals surface area (Å²) in [6.45, 7) is 5.26. The Labute approximate surface area is 62.1 Å². The monoisotopic (exact) mass is 136 g/mol. The van der Waals surface area contributed by atoms with Gasteiger partial charge in [-0.15, -0.1) is 5.92 Å². The van der Waals surface area contributed by atoms with E-state index in [9.17, 15) is 4.79 Å². The predicted molar refractivity (Wildman–Crippen MR) is 42.5 cm³/mol. The van der Waals surface area contributed by atoms with Crippen molar-refractivity contribution < 1.29 is 4.79 Å². The second-order valence-corrected chi connectivity index (χ2v) is 2.17. The van der Waals surface area contributed by atoms with Gasteiger partial charge in [-0.3, -0.25) is 4.79 Å².